The third kappa shape index (κ3) is 4.73. The molecule has 1 unspecified atom stereocenters. The van der Waals surface area contributed by atoms with Gasteiger partial charge in [0.15, 0.2) is 5.76 Å². The highest BCUT2D eigenvalue weighted by molar-refractivity contribution is 6.46. The van der Waals surface area contributed by atoms with Crippen molar-refractivity contribution in [2.24, 2.45) is 5.92 Å². The number of nitrogens with zero attached hydrogens (tertiary/aromatic N) is 3. The van der Waals surface area contributed by atoms with Crippen molar-refractivity contribution in [2.75, 3.05) is 26.9 Å². The van der Waals surface area contributed by atoms with Gasteiger partial charge >= 0.3 is 0 Å². The van der Waals surface area contributed by atoms with Crippen LogP contribution in [0.15, 0.2) is 48.2 Å². The number of aryl methyl sites for hydroxylation is 2. The Kier molecular flexibility index (Phi) is 7.45. The minimum absolute atomic E-state index is 0.0135. The van der Waals surface area contributed by atoms with Crippen LogP contribution in [-0.4, -0.2) is 57.9 Å². The molecule has 0 spiro atoms. The summed E-state index contributed by atoms with van der Waals surface area (Å²) in [5, 5.41) is 11.5. The van der Waals surface area contributed by atoms with Crippen molar-refractivity contribution in [1.82, 2.24) is 14.3 Å². The van der Waals surface area contributed by atoms with Crippen LogP contribution in [0, 0.1) is 19.8 Å². The molecule has 1 aromatic carbocycles. The van der Waals surface area contributed by atoms with Crippen molar-refractivity contribution in [3.8, 4) is 5.75 Å². The molecule has 1 atom stereocenters. The minimum Gasteiger partial charge on any atom is -0.505 e. The Hall–Kier alpha value is -3.65. The number of fused-ring (bicyclic) bond motifs is 1. The van der Waals surface area contributed by atoms with E-state index < -0.39 is 17.7 Å². The van der Waals surface area contributed by atoms with E-state index in [1.807, 2.05) is 60.8 Å². The Morgan fingerprint density at radius 2 is 1.92 bits per heavy atom. The first-order chi connectivity index (χ1) is 17.2. The van der Waals surface area contributed by atoms with Crippen molar-refractivity contribution in [2.45, 2.75) is 40.2 Å². The summed E-state index contributed by atoms with van der Waals surface area (Å²) in [5.41, 5.74) is 3.26. The third-order valence-electron chi connectivity index (χ3n) is 6.52. The Morgan fingerprint density at radius 1 is 1.14 bits per heavy atom. The lowest BCUT2D eigenvalue weighted by Gasteiger charge is -2.25. The van der Waals surface area contributed by atoms with E-state index in [0.29, 0.717) is 35.2 Å². The van der Waals surface area contributed by atoms with Crippen LogP contribution in [-0.2, 0) is 14.3 Å². The van der Waals surface area contributed by atoms with Gasteiger partial charge in [0, 0.05) is 19.9 Å². The number of aliphatic hydroxyl groups excluding tert-OH is 1. The summed E-state index contributed by atoms with van der Waals surface area (Å²) in [7, 11) is 1.54. The standard InChI is InChI=1S/C28H33N3O5/c1-17(2)11-14-36-21-10-6-9-20(16-21)24-22(26(33)28(34)31(24)13-15-35-5)25(32)23-19(4)30-12-7-8-18(3)27(30)29-23/h6-10,12,16-17,24,32H,11,13-15H2,1-5H3. The second-order valence-electron chi connectivity index (χ2n) is 9.52. The SMILES string of the molecule is COCCN1C(=O)C(=O)C(=C(O)c2nc3c(C)cccn3c2C)C1c1cccc(OCCC(C)C)c1. The van der Waals surface area contributed by atoms with Gasteiger partial charge in [-0.2, -0.15) is 0 Å². The summed E-state index contributed by atoms with van der Waals surface area (Å²) in [6.45, 7) is 9.03. The molecule has 190 valence electrons. The molecule has 0 bridgehead atoms. The van der Waals surface area contributed by atoms with Crippen LogP contribution < -0.4 is 4.74 Å². The van der Waals surface area contributed by atoms with Gasteiger partial charge in [-0.15, -0.1) is 0 Å². The Balaban J connectivity index is 1.83. The number of aliphatic hydroxyl groups is 1. The summed E-state index contributed by atoms with van der Waals surface area (Å²) >= 11 is 0. The zero-order valence-corrected chi connectivity index (χ0v) is 21.4. The Morgan fingerprint density at radius 3 is 2.61 bits per heavy atom. The topological polar surface area (TPSA) is 93.4 Å². The highest BCUT2D eigenvalue weighted by Gasteiger charge is 2.46. The lowest BCUT2D eigenvalue weighted by atomic mass is 9.96. The van der Waals surface area contributed by atoms with Crippen molar-refractivity contribution < 1.29 is 24.2 Å². The largest absolute Gasteiger partial charge is 0.505 e. The van der Waals surface area contributed by atoms with Crippen LogP contribution in [0.1, 0.15) is 48.8 Å². The average Bonchev–Trinajstić information content (AvgIpc) is 3.32. The smallest absolute Gasteiger partial charge is 0.295 e. The molecule has 36 heavy (non-hydrogen) atoms. The molecule has 1 fully saturated rings. The molecule has 1 aliphatic heterocycles. The summed E-state index contributed by atoms with van der Waals surface area (Å²) in [6, 6.07) is 10.4. The molecule has 4 rings (SSSR count). The van der Waals surface area contributed by atoms with Crippen molar-refractivity contribution >= 4 is 23.1 Å². The second-order valence-corrected chi connectivity index (χ2v) is 9.52. The maximum absolute atomic E-state index is 13.3. The van der Waals surface area contributed by atoms with Gasteiger partial charge < -0.3 is 23.9 Å². The molecule has 1 amide bonds. The van der Waals surface area contributed by atoms with Crippen molar-refractivity contribution in [1.29, 1.82) is 0 Å². The number of hydrogen-bond acceptors (Lipinski definition) is 6. The lowest BCUT2D eigenvalue weighted by molar-refractivity contribution is -0.140. The van der Waals surface area contributed by atoms with Gasteiger partial charge in [0.25, 0.3) is 11.7 Å². The number of methoxy groups -OCH3 is 1. The number of likely N-dealkylation sites (tertiary alicyclic amines) is 1. The molecular weight excluding hydrogens is 458 g/mol. The number of carbonyl (C=O) groups excluding carboxylic acids is 2. The Labute approximate surface area is 211 Å². The van der Waals surface area contributed by atoms with Gasteiger partial charge in [0.05, 0.1) is 30.5 Å². The predicted molar refractivity (Wildman–Crippen MR) is 137 cm³/mol. The molecule has 1 saturated heterocycles. The number of carbonyl (C=O) groups is 2. The normalized spacial score (nSPS) is 17.5. The Bertz CT molecular complexity index is 1320. The maximum atomic E-state index is 13.3. The number of imidazole rings is 1. The fourth-order valence-electron chi connectivity index (χ4n) is 4.51. The average molecular weight is 492 g/mol. The van der Waals surface area contributed by atoms with Gasteiger partial charge in [-0.1, -0.05) is 32.0 Å². The fourth-order valence-corrected chi connectivity index (χ4v) is 4.51. The first kappa shape index (κ1) is 25.4. The summed E-state index contributed by atoms with van der Waals surface area (Å²) in [5.74, 6) is -0.558. The molecule has 8 heteroatoms. The zero-order valence-electron chi connectivity index (χ0n) is 21.4. The highest BCUT2D eigenvalue weighted by Crippen LogP contribution is 2.40. The fraction of sp³-hybridized carbons (Fsp3) is 0.393. The molecular formula is C28H33N3O5. The molecule has 3 heterocycles. The van der Waals surface area contributed by atoms with Gasteiger partial charge in [-0.3, -0.25) is 9.59 Å². The first-order valence-electron chi connectivity index (χ1n) is 12.2. The number of ether oxygens (including phenoxy) is 2. The van der Waals surface area contributed by atoms with Gasteiger partial charge in [0.2, 0.25) is 0 Å². The van der Waals surface area contributed by atoms with Crippen molar-refractivity contribution in [3.63, 3.8) is 0 Å². The number of hydrogen-bond donors (Lipinski definition) is 1. The molecule has 0 aliphatic carbocycles. The van der Waals surface area contributed by atoms with E-state index in [1.54, 1.807) is 0 Å². The van der Waals surface area contributed by atoms with Crippen LogP contribution in [0.25, 0.3) is 11.4 Å². The molecule has 3 aromatic rings. The molecule has 0 radical (unpaired) electrons. The van der Waals surface area contributed by atoms with Crippen LogP contribution in [0.2, 0.25) is 0 Å². The molecule has 1 N–H and O–H groups in total. The number of benzene rings is 1. The highest BCUT2D eigenvalue weighted by atomic mass is 16.5. The lowest BCUT2D eigenvalue weighted by Crippen LogP contribution is -2.32. The summed E-state index contributed by atoms with van der Waals surface area (Å²) in [4.78, 5) is 32.5. The van der Waals surface area contributed by atoms with E-state index in [4.69, 9.17) is 9.47 Å². The van der Waals surface area contributed by atoms with Crippen LogP contribution in [0.5, 0.6) is 5.75 Å². The van der Waals surface area contributed by atoms with E-state index in [0.717, 1.165) is 12.0 Å². The zero-order chi connectivity index (χ0) is 26.0. The van der Waals surface area contributed by atoms with Crippen LogP contribution in [0.3, 0.4) is 0 Å². The van der Waals surface area contributed by atoms with Crippen LogP contribution in [0.4, 0.5) is 0 Å². The van der Waals surface area contributed by atoms with E-state index in [-0.39, 0.29) is 30.2 Å². The molecule has 1 aliphatic rings. The number of ketones is 1. The predicted octanol–water partition coefficient (Wildman–Crippen LogP) is 4.44. The van der Waals surface area contributed by atoms with E-state index in [9.17, 15) is 14.7 Å². The summed E-state index contributed by atoms with van der Waals surface area (Å²) < 4.78 is 13.0. The second kappa shape index (κ2) is 10.5. The number of aromatic nitrogens is 2. The monoisotopic (exact) mass is 491 g/mol. The third-order valence-corrected chi connectivity index (χ3v) is 6.52. The summed E-state index contributed by atoms with van der Waals surface area (Å²) in [6.07, 6.45) is 2.76. The van der Waals surface area contributed by atoms with Gasteiger partial charge in [-0.05, 0) is 55.5 Å². The quantitative estimate of drug-likeness (QED) is 0.270. The number of rotatable bonds is 9. The van der Waals surface area contributed by atoms with E-state index >= 15 is 0 Å². The van der Waals surface area contributed by atoms with Gasteiger partial charge in [0.1, 0.15) is 17.1 Å². The van der Waals surface area contributed by atoms with Gasteiger partial charge in [-0.25, -0.2) is 4.98 Å². The number of pyridine rings is 1. The van der Waals surface area contributed by atoms with Crippen LogP contribution >= 0.6 is 0 Å². The number of amides is 1. The molecule has 2 aromatic heterocycles. The first-order valence-corrected chi connectivity index (χ1v) is 12.2. The number of Topliss-reactive ketones (excluding diaryl/α,β-unsaturated/α-hetero) is 1. The minimum atomic E-state index is -0.792. The maximum Gasteiger partial charge on any atom is 0.295 e. The van der Waals surface area contributed by atoms with E-state index in [1.165, 1.54) is 12.0 Å². The molecule has 0 saturated carbocycles. The van der Waals surface area contributed by atoms with E-state index in [2.05, 4.69) is 18.8 Å². The molecule has 8 nitrogen and oxygen atoms in total. The van der Waals surface area contributed by atoms with Crippen molar-refractivity contribution in [3.05, 3.63) is 70.7 Å².